The van der Waals surface area contributed by atoms with Gasteiger partial charge in [-0.2, -0.15) is 0 Å². The van der Waals surface area contributed by atoms with Gasteiger partial charge in [-0.25, -0.2) is 4.79 Å². The maximum Gasteiger partial charge on any atom is 0.344 e. The number of carbonyl (C=O) groups is 1. The van der Waals surface area contributed by atoms with Crippen molar-refractivity contribution in [1.82, 2.24) is 4.98 Å². The number of aromatic amines is 1. The Labute approximate surface area is 145 Å². The van der Waals surface area contributed by atoms with Crippen LogP contribution in [-0.2, 0) is 4.74 Å². The molecular weight excluding hydrogens is 318 g/mol. The first-order valence-electron chi connectivity index (χ1n) is 7.97. The number of H-pyrrole nitrogens is 1. The lowest BCUT2D eigenvalue weighted by Gasteiger charge is -2.04. The lowest BCUT2D eigenvalue weighted by atomic mass is 10.1. The molecule has 0 saturated carbocycles. The summed E-state index contributed by atoms with van der Waals surface area (Å²) in [6.45, 7) is 1.96. The van der Waals surface area contributed by atoms with Crippen molar-refractivity contribution in [3.05, 3.63) is 60.2 Å². The molecule has 0 fully saturated rings. The highest BCUT2D eigenvalue weighted by molar-refractivity contribution is 6.02. The van der Waals surface area contributed by atoms with Gasteiger partial charge in [0.25, 0.3) is 0 Å². The number of aromatic hydroxyl groups is 1. The minimum Gasteiger partial charge on any atom is -0.505 e. The third-order valence-electron chi connectivity index (χ3n) is 3.89. The van der Waals surface area contributed by atoms with Gasteiger partial charge >= 0.3 is 5.97 Å². The molecule has 25 heavy (non-hydrogen) atoms. The van der Waals surface area contributed by atoms with Gasteiger partial charge in [0.2, 0.25) is 0 Å². The van der Waals surface area contributed by atoms with E-state index in [4.69, 9.17) is 9.47 Å². The summed E-state index contributed by atoms with van der Waals surface area (Å²) in [5, 5.41) is 10.7. The summed E-state index contributed by atoms with van der Waals surface area (Å²) in [5.74, 6) is 0.0287. The molecule has 0 saturated heterocycles. The molecule has 0 aliphatic heterocycles. The van der Waals surface area contributed by atoms with Crippen LogP contribution in [0.1, 0.15) is 17.3 Å². The van der Waals surface area contributed by atoms with Gasteiger partial charge in [0, 0.05) is 5.56 Å². The molecule has 0 spiro atoms. The summed E-state index contributed by atoms with van der Waals surface area (Å²) in [6, 6.07) is 16.6. The second-order valence-corrected chi connectivity index (χ2v) is 5.41. The Morgan fingerprint density at radius 2 is 1.64 bits per heavy atom. The molecule has 0 bridgehead atoms. The van der Waals surface area contributed by atoms with Crippen LogP contribution in [0.2, 0.25) is 0 Å². The van der Waals surface area contributed by atoms with E-state index in [2.05, 4.69) is 4.98 Å². The van der Waals surface area contributed by atoms with Gasteiger partial charge in [-0.1, -0.05) is 30.3 Å². The van der Waals surface area contributed by atoms with Crippen LogP contribution in [0.5, 0.6) is 11.5 Å². The van der Waals surface area contributed by atoms with Crippen LogP contribution in [0.3, 0.4) is 0 Å². The standard InChI is InChI=1S/C20H19NO4/c1-3-25-20(23)16-17(13-7-5-4-6-8-13)21-18(19(16)22)14-9-11-15(24-2)12-10-14/h4-12,21-22H,3H2,1-2H3. The van der Waals surface area contributed by atoms with E-state index >= 15 is 0 Å². The molecule has 0 radical (unpaired) electrons. The second-order valence-electron chi connectivity index (χ2n) is 5.41. The van der Waals surface area contributed by atoms with E-state index in [0.29, 0.717) is 17.1 Å². The average molecular weight is 337 g/mol. The molecule has 1 aromatic heterocycles. The number of esters is 1. The summed E-state index contributed by atoms with van der Waals surface area (Å²) in [7, 11) is 1.59. The number of hydrogen-bond donors (Lipinski definition) is 2. The van der Waals surface area contributed by atoms with E-state index in [1.165, 1.54) is 0 Å². The van der Waals surface area contributed by atoms with Crippen molar-refractivity contribution in [1.29, 1.82) is 0 Å². The van der Waals surface area contributed by atoms with Gasteiger partial charge in [0.05, 0.1) is 25.1 Å². The Bertz CT molecular complexity index is 867. The van der Waals surface area contributed by atoms with Crippen LogP contribution in [0.15, 0.2) is 54.6 Å². The highest BCUT2D eigenvalue weighted by Gasteiger charge is 2.25. The first kappa shape index (κ1) is 16.6. The number of benzene rings is 2. The molecule has 2 aromatic carbocycles. The fourth-order valence-corrected chi connectivity index (χ4v) is 2.68. The average Bonchev–Trinajstić information content (AvgIpc) is 3.00. The fourth-order valence-electron chi connectivity index (χ4n) is 2.68. The van der Waals surface area contributed by atoms with E-state index in [1.807, 2.05) is 42.5 Å². The van der Waals surface area contributed by atoms with Crippen LogP contribution in [0.25, 0.3) is 22.5 Å². The van der Waals surface area contributed by atoms with Gasteiger partial charge in [0.1, 0.15) is 11.3 Å². The molecule has 3 aromatic rings. The van der Waals surface area contributed by atoms with Crippen molar-refractivity contribution in [2.75, 3.05) is 13.7 Å². The first-order valence-corrected chi connectivity index (χ1v) is 7.97. The molecule has 1 heterocycles. The number of carbonyl (C=O) groups excluding carboxylic acids is 1. The van der Waals surface area contributed by atoms with Crippen molar-refractivity contribution in [3.63, 3.8) is 0 Å². The third-order valence-corrected chi connectivity index (χ3v) is 3.89. The summed E-state index contributed by atoms with van der Waals surface area (Å²) < 4.78 is 10.3. The Kier molecular flexibility index (Phi) is 4.75. The zero-order valence-electron chi connectivity index (χ0n) is 14.1. The highest BCUT2D eigenvalue weighted by Crippen LogP contribution is 2.39. The number of nitrogens with one attached hydrogen (secondary N) is 1. The molecule has 0 atom stereocenters. The van der Waals surface area contributed by atoms with Crippen LogP contribution in [0, 0.1) is 0 Å². The Hall–Kier alpha value is -3.21. The number of hydrogen-bond acceptors (Lipinski definition) is 4. The van der Waals surface area contributed by atoms with Crippen molar-refractivity contribution in [2.24, 2.45) is 0 Å². The molecule has 0 unspecified atom stereocenters. The topological polar surface area (TPSA) is 71.6 Å². The predicted octanol–water partition coefficient (Wildman–Crippen LogP) is 4.24. The smallest absolute Gasteiger partial charge is 0.344 e. The lowest BCUT2D eigenvalue weighted by molar-refractivity contribution is 0.0524. The SMILES string of the molecule is CCOC(=O)c1c(-c2ccccc2)[nH]c(-c2ccc(OC)cc2)c1O. The highest BCUT2D eigenvalue weighted by atomic mass is 16.5. The Morgan fingerprint density at radius 3 is 2.24 bits per heavy atom. The first-order chi connectivity index (χ1) is 12.2. The minimum atomic E-state index is -0.560. The molecule has 0 aliphatic carbocycles. The molecule has 0 aliphatic rings. The molecule has 0 amide bonds. The van der Waals surface area contributed by atoms with E-state index in [-0.39, 0.29) is 17.9 Å². The third kappa shape index (κ3) is 3.21. The van der Waals surface area contributed by atoms with E-state index < -0.39 is 5.97 Å². The lowest BCUT2D eigenvalue weighted by Crippen LogP contribution is -2.05. The van der Waals surface area contributed by atoms with Gasteiger partial charge in [-0.05, 0) is 36.8 Å². The summed E-state index contributed by atoms with van der Waals surface area (Å²) in [6.07, 6.45) is 0. The summed E-state index contributed by atoms with van der Waals surface area (Å²) >= 11 is 0. The second kappa shape index (κ2) is 7.13. The van der Waals surface area contributed by atoms with Crippen LogP contribution in [0.4, 0.5) is 0 Å². The van der Waals surface area contributed by atoms with E-state index in [0.717, 1.165) is 11.1 Å². The van der Waals surface area contributed by atoms with Crippen molar-refractivity contribution < 1.29 is 19.4 Å². The monoisotopic (exact) mass is 337 g/mol. The largest absolute Gasteiger partial charge is 0.505 e. The minimum absolute atomic E-state index is 0.123. The Morgan fingerprint density at radius 1 is 1.00 bits per heavy atom. The normalized spacial score (nSPS) is 10.5. The molecule has 5 heteroatoms. The Balaban J connectivity index is 2.15. The molecular formula is C20H19NO4. The van der Waals surface area contributed by atoms with Crippen molar-refractivity contribution >= 4 is 5.97 Å². The summed E-state index contributed by atoms with van der Waals surface area (Å²) in [5.41, 5.74) is 2.66. The fraction of sp³-hybridized carbons (Fsp3) is 0.150. The maximum absolute atomic E-state index is 12.4. The van der Waals surface area contributed by atoms with Crippen molar-refractivity contribution in [2.45, 2.75) is 6.92 Å². The predicted molar refractivity (Wildman–Crippen MR) is 95.8 cm³/mol. The van der Waals surface area contributed by atoms with Gasteiger partial charge in [-0.15, -0.1) is 0 Å². The van der Waals surface area contributed by atoms with Crippen molar-refractivity contribution in [3.8, 4) is 34.0 Å². The van der Waals surface area contributed by atoms with Crippen LogP contribution < -0.4 is 4.74 Å². The molecule has 5 nitrogen and oxygen atoms in total. The van der Waals surface area contributed by atoms with Crippen LogP contribution >= 0.6 is 0 Å². The van der Waals surface area contributed by atoms with E-state index in [1.54, 1.807) is 26.2 Å². The molecule has 128 valence electrons. The van der Waals surface area contributed by atoms with Crippen LogP contribution in [-0.4, -0.2) is 29.8 Å². The maximum atomic E-state index is 12.4. The number of methoxy groups -OCH3 is 1. The molecule has 3 rings (SSSR count). The van der Waals surface area contributed by atoms with Gasteiger partial charge < -0.3 is 19.6 Å². The number of aromatic nitrogens is 1. The van der Waals surface area contributed by atoms with Gasteiger partial charge in [-0.3, -0.25) is 0 Å². The number of ether oxygens (including phenoxy) is 2. The molecule has 2 N–H and O–H groups in total. The number of rotatable bonds is 5. The zero-order valence-corrected chi connectivity index (χ0v) is 14.1. The quantitative estimate of drug-likeness (QED) is 0.683. The zero-order chi connectivity index (χ0) is 17.8. The van der Waals surface area contributed by atoms with E-state index in [9.17, 15) is 9.90 Å². The summed E-state index contributed by atoms with van der Waals surface area (Å²) in [4.78, 5) is 15.6. The van der Waals surface area contributed by atoms with Gasteiger partial charge in [0.15, 0.2) is 5.75 Å².